The van der Waals surface area contributed by atoms with Gasteiger partial charge >= 0.3 is 0 Å². The smallest absolute Gasteiger partial charge is 0.220 e. The predicted molar refractivity (Wildman–Crippen MR) is 158 cm³/mol. The molecule has 4 heteroatoms. The largest absolute Gasteiger partial charge is 0.411 e. The number of hydrogen-bond acceptors (Lipinski definition) is 1. The predicted octanol–water partition coefficient (Wildman–Crippen LogP) is 10.3. The Bertz CT molecular complexity index is 798. The average Bonchev–Trinajstić information content (AvgIpc) is 3.14. The molecule has 0 bridgehead atoms. The second-order valence-electron chi connectivity index (χ2n) is 13.3. The monoisotopic (exact) mass is 538 g/mol. The van der Waals surface area contributed by atoms with Crippen LogP contribution in [0.3, 0.4) is 0 Å². The van der Waals surface area contributed by atoms with Crippen molar-refractivity contribution in [2.24, 2.45) is 40.9 Å². The highest BCUT2D eigenvalue weighted by atomic mass is 35.5. The van der Waals surface area contributed by atoms with E-state index in [4.69, 9.17) is 27.6 Å². The fraction of sp³-hybridized carbons (Fsp3) is 0.806. The molecular weight excluding hydrogens is 487 g/mol. The van der Waals surface area contributed by atoms with E-state index in [1.54, 1.807) is 11.1 Å². The van der Waals surface area contributed by atoms with Crippen molar-refractivity contribution in [3.63, 3.8) is 0 Å². The van der Waals surface area contributed by atoms with Gasteiger partial charge in [0.15, 0.2) is 0 Å². The van der Waals surface area contributed by atoms with Gasteiger partial charge in [-0.15, -0.1) is 23.2 Å². The SMILES string of the molecule is CC(C)[C@@H](C)/C=C/[C@@H](C)[C@H]1CC[C@H]2/C(=C/C=C3/CC(O[Si](C)(C)C(Cl)Cl)CC[C@H]3C)CCC[C@]12C. The van der Waals surface area contributed by atoms with Gasteiger partial charge in [-0.1, -0.05) is 77.0 Å². The van der Waals surface area contributed by atoms with Gasteiger partial charge in [-0.05, 0) is 105 Å². The van der Waals surface area contributed by atoms with E-state index in [-0.39, 0.29) is 10.6 Å². The molecule has 1 unspecified atom stereocenters. The Morgan fingerprint density at radius 3 is 2.31 bits per heavy atom. The van der Waals surface area contributed by atoms with Gasteiger partial charge in [-0.3, -0.25) is 0 Å². The summed E-state index contributed by atoms with van der Waals surface area (Å²) in [5.41, 5.74) is 3.72. The zero-order valence-corrected chi connectivity index (χ0v) is 26.3. The molecule has 3 saturated carbocycles. The minimum atomic E-state index is -2.06. The molecule has 0 aromatic heterocycles. The summed E-state index contributed by atoms with van der Waals surface area (Å²) >= 11 is 12.5. The van der Waals surface area contributed by atoms with Crippen molar-refractivity contribution in [3.8, 4) is 0 Å². The van der Waals surface area contributed by atoms with Crippen molar-refractivity contribution < 1.29 is 4.43 Å². The lowest BCUT2D eigenvalue weighted by Crippen LogP contribution is -2.43. The van der Waals surface area contributed by atoms with Crippen LogP contribution in [0.25, 0.3) is 0 Å². The Morgan fingerprint density at radius 2 is 1.66 bits per heavy atom. The van der Waals surface area contributed by atoms with Gasteiger partial charge < -0.3 is 4.43 Å². The fourth-order valence-corrected chi connectivity index (χ4v) is 8.54. The molecule has 3 aliphatic rings. The van der Waals surface area contributed by atoms with Crippen molar-refractivity contribution in [3.05, 3.63) is 35.5 Å². The minimum absolute atomic E-state index is 0.269. The first kappa shape index (κ1) is 29.5. The lowest BCUT2D eigenvalue weighted by atomic mass is 9.61. The fourth-order valence-electron chi connectivity index (χ4n) is 7.07. The van der Waals surface area contributed by atoms with Gasteiger partial charge in [-0.25, -0.2) is 0 Å². The Morgan fingerprint density at radius 1 is 0.971 bits per heavy atom. The third kappa shape index (κ3) is 7.09. The van der Waals surface area contributed by atoms with E-state index in [1.807, 2.05) is 0 Å². The van der Waals surface area contributed by atoms with Crippen LogP contribution in [-0.2, 0) is 4.43 Å². The van der Waals surface area contributed by atoms with E-state index in [0.717, 1.165) is 30.6 Å². The van der Waals surface area contributed by atoms with E-state index in [2.05, 4.69) is 78.9 Å². The second-order valence-corrected chi connectivity index (χ2v) is 19.1. The van der Waals surface area contributed by atoms with E-state index in [9.17, 15) is 0 Å². The molecule has 0 aliphatic heterocycles. The standard InChI is InChI=1S/C31H52Cl2OSi/c1-21(2)22(3)11-12-24(5)28-17-18-29-25(10-9-19-31(28,29)6)14-15-26-20-27(16-13-23(26)4)34-35(7,8)30(32)33/h11-12,14-15,21-24,27-30H,9-10,13,16-20H2,1-8H3/b12-11+,25-14+,26-15-/t22-,23+,24+,27?,28+,29-,31+/m0/s1. The molecule has 35 heavy (non-hydrogen) atoms. The third-order valence-corrected chi connectivity index (χ3v) is 15.1. The lowest BCUT2D eigenvalue weighted by molar-refractivity contribution is 0.112. The summed E-state index contributed by atoms with van der Waals surface area (Å²) in [5.74, 6) is 4.24. The summed E-state index contributed by atoms with van der Waals surface area (Å²) in [5, 5.41) is 0. The van der Waals surface area contributed by atoms with Crippen molar-refractivity contribution >= 4 is 31.5 Å². The van der Waals surface area contributed by atoms with Crippen molar-refractivity contribution in [2.45, 2.75) is 117 Å². The summed E-state index contributed by atoms with van der Waals surface area (Å²) in [7, 11) is -2.06. The Labute approximate surface area is 228 Å². The highest BCUT2D eigenvalue weighted by molar-refractivity contribution is 6.88. The molecule has 0 aromatic rings. The summed E-state index contributed by atoms with van der Waals surface area (Å²) in [4.78, 5) is 0. The van der Waals surface area contributed by atoms with E-state index in [1.165, 1.54) is 38.5 Å². The maximum Gasteiger partial charge on any atom is 0.220 e. The summed E-state index contributed by atoms with van der Waals surface area (Å²) in [6, 6.07) is 0. The Hall–Kier alpha value is -0.0231. The first-order chi connectivity index (χ1) is 16.3. The number of halogens is 2. The normalized spacial score (nSPS) is 36.5. The van der Waals surface area contributed by atoms with E-state index in [0.29, 0.717) is 23.2 Å². The van der Waals surface area contributed by atoms with Gasteiger partial charge in [0.2, 0.25) is 8.32 Å². The number of fused-ring (bicyclic) bond motifs is 1. The average molecular weight is 540 g/mol. The van der Waals surface area contributed by atoms with Crippen molar-refractivity contribution in [2.75, 3.05) is 0 Å². The van der Waals surface area contributed by atoms with Gasteiger partial charge in [0.05, 0.1) is 0 Å². The summed E-state index contributed by atoms with van der Waals surface area (Å²) < 4.78 is 6.12. The third-order valence-electron chi connectivity index (χ3n) is 9.97. The molecule has 0 heterocycles. The quantitative estimate of drug-likeness (QED) is 0.169. The Balaban J connectivity index is 1.72. The highest BCUT2D eigenvalue weighted by Gasteiger charge is 2.50. The molecule has 3 rings (SSSR count). The molecular formula is C31H52Cl2OSi. The lowest BCUT2D eigenvalue weighted by Gasteiger charge is -2.44. The molecule has 1 nitrogen and oxygen atoms in total. The van der Waals surface area contributed by atoms with Crippen LogP contribution in [0, 0.1) is 40.9 Å². The van der Waals surface area contributed by atoms with Gasteiger partial charge in [-0.2, -0.15) is 0 Å². The van der Waals surface area contributed by atoms with Gasteiger partial charge in [0, 0.05) is 6.10 Å². The molecule has 7 atom stereocenters. The maximum absolute atomic E-state index is 6.50. The summed E-state index contributed by atoms with van der Waals surface area (Å²) in [6.45, 7) is 18.8. The number of rotatable bonds is 8. The molecule has 0 aromatic carbocycles. The van der Waals surface area contributed by atoms with Gasteiger partial charge in [0.1, 0.15) is 4.46 Å². The van der Waals surface area contributed by atoms with Crippen LogP contribution < -0.4 is 0 Å². The molecule has 0 spiro atoms. The van der Waals surface area contributed by atoms with Crippen molar-refractivity contribution in [1.29, 1.82) is 0 Å². The number of alkyl halides is 2. The molecule has 200 valence electrons. The van der Waals surface area contributed by atoms with Crippen LogP contribution in [0.2, 0.25) is 13.1 Å². The zero-order valence-electron chi connectivity index (χ0n) is 23.7. The summed E-state index contributed by atoms with van der Waals surface area (Å²) in [6.07, 6.45) is 20.4. The van der Waals surface area contributed by atoms with Crippen LogP contribution in [-0.4, -0.2) is 18.9 Å². The van der Waals surface area contributed by atoms with Crippen LogP contribution in [0.1, 0.15) is 92.9 Å². The van der Waals surface area contributed by atoms with Crippen LogP contribution >= 0.6 is 23.2 Å². The van der Waals surface area contributed by atoms with Crippen LogP contribution in [0.4, 0.5) is 0 Å². The van der Waals surface area contributed by atoms with E-state index >= 15 is 0 Å². The number of allylic oxidation sites excluding steroid dienone is 5. The zero-order chi connectivity index (χ0) is 26.0. The first-order valence-corrected chi connectivity index (χ1v) is 18.2. The molecule has 0 N–H and O–H groups in total. The van der Waals surface area contributed by atoms with E-state index < -0.39 is 8.32 Å². The van der Waals surface area contributed by atoms with Gasteiger partial charge in [0.25, 0.3) is 0 Å². The van der Waals surface area contributed by atoms with Crippen LogP contribution in [0.15, 0.2) is 35.5 Å². The highest BCUT2D eigenvalue weighted by Crippen LogP contribution is 2.59. The minimum Gasteiger partial charge on any atom is -0.411 e. The second kappa shape index (κ2) is 12.2. The molecule has 3 aliphatic carbocycles. The topological polar surface area (TPSA) is 9.23 Å². The molecule has 3 fully saturated rings. The first-order valence-electron chi connectivity index (χ1n) is 14.4. The maximum atomic E-state index is 6.50. The van der Waals surface area contributed by atoms with Crippen molar-refractivity contribution in [1.82, 2.24) is 0 Å². The molecule has 0 radical (unpaired) electrons. The molecule has 0 amide bonds. The Kier molecular flexibility index (Phi) is 10.3. The van der Waals surface area contributed by atoms with Crippen LogP contribution in [0.5, 0.6) is 0 Å². The number of hydrogen-bond donors (Lipinski definition) is 0. The molecule has 0 saturated heterocycles.